The number of amides is 1. The third-order valence-electron chi connectivity index (χ3n) is 4.53. The van der Waals surface area contributed by atoms with Crippen LogP contribution in [0.25, 0.3) is 0 Å². The highest BCUT2D eigenvalue weighted by molar-refractivity contribution is 5.92. The summed E-state index contributed by atoms with van der Waals surface area (Å²) in [5.74, 6) is 1.65. The Balaban J connectivity index is 1.72. The third kappa shape index (κ3) is 2.39. The number of rotatable bonds is 1. The molecule has 0 aromatic carbocycles. The highest BCUT2D eigenvalue weighted by Gasteiger charge is 2.32. The standard InChI is InChI=1S/C14H22N4O/c1-10-7-13(17(2)16-10)14(19)18-5-3-11-8-15-9-12(11)4-6-18/h7,11-12,15H,3-6,8-9H2,1-2H3/t11-,12+. The Bertz CT molecular complexity index is 468. The molecule has 1 aromatic rings. The maximum atomic E-state index is 12.6. The highest BCUT2D eigenvalue weighted by atomic mass is 16.2. The first kappa shape index (κ1) is 12.7. The van der Waals surface area contributed by atoms with Gasteiger partial charge in [0, 0.05) is 20.1 Å². The van der Waals surface area contributed by atoms with Gasteiger partial charge in [0.05, 0.1) is 5.69 Å². The number of hydrogen-bond donors (Lipinski definition) is 1. The molecule has 2 aliphatic rings. The summed E-state index contributed by atoms with van der Waals surface area (Å²) in [7, 11) is 1.84. The monoisotopic (exact) mass is 262 g/mol. The van der Waals surface area contributed by atoms with Gasteiger partial charge < -0.3 is 10.2 Å². The molecular formula is C14H22N4O. The topological polar surface area (TPSA) is 50.2 Å². The number of nitrogens with one attached hydrogen (secondary N) is 1. The van der Waals surface area contributed by atoms with Crippen LogP contribution in [0.1, 0.15) is 29.0 Å². The molecule has 1 aromatic heterocycles. The minimum absolute atomic E-state index is 0.135. The van der Waals surface area contributed by atoms with Gasteiger partial charge in [-0.15, -0.1) is 0 Å². The maximum Gasteiger partial charge on any atom is 0.272 e. The minimum atomic E-state index is 0.135. The summed E-state index contributed by atoms with van der Waals surface area (Å²) in [6.45, 7) is 5.93. The lowest BCUT2D eigenvalue weighted by atomic mass is 9.92. The first-order valence-corrected chi connectivity index (χ1v) is 7.16. The Morgan fingerprint density at radius 3 is 2.47 bits per heavy atom. The van der Waals surface area contributed by atoms with E-state index in [-0.39, 0.29) is 5.91 Å². The molecule has 0 bridgehead atoms. The minimum Gasteiger partial charge on any atom is -0.337 e. The maximum absolute atomic E-state index is 12.6. The van der Waals surface area contributed by atoms with Crippen LogP contribution in [0.3, 0.4) is 0 Å². The van der Waals surface area contributed by atoms with Crippen LogP contribution in [0.4, 0.5) is 0 Å². The van der Waals surface area contributed by atoms with Crippen LogP contribution in [-0.4, -0.2) is 46.8 Å². The zero-order chi connectivity index (χ0) is 13.4. The summed E-state index contributed by atoms with van der Waals surface area (Å²) in [5, 5.41) is 7.73. The molecule has 0 spiro atoms. The smallest absolute Gasteiger partial charge is 0.272 e. The van der Waals surface area contributed by atoms with Crippen molar-refractivity contribution in [3.63, 3.8) is 0 Å². The van der Waals surface area contributed by atoms with Crippen LogP contribution in [0.2, 0.25) is 0 Å². The van der Waals surface area contributed by atoms with Gasteiger partial charge in [-0.05, 0) is 50.8 Å². The van der Waals surface area contributed by atoms with E-state index >= 15 is 0 Å². The van der Waals surface area contributed by atoms with Gasteiger partial charge in [-0.3, -0.25) is 9.48 Å². The van der Waals surface area contributed by atoms with Crippen LogP contribution in [0.15, 0.2) is 6.07 Å². The average molecular weight is 262 g/mol. The SMILES string of the molecule is Cc1cc(C(=O)N2CC[C@@H]3CNC[C@@H]3CC2)n(C)n1. The summed E-state index contributed by atoms with van der Waals surface area (Å²) < 4.78 is 1.70. The number of aryl methyl sites for hydroxylation is 2. The number of likely N-dealkylation sites (tertiary alicyclic amines) is 1. The van der Waals surface area contributed by atoms with E-state index in [0.717, 1.165) is 56.6 Å². The number of aromatic nitrogens is 2. The van der Waals surface area contributed by atoms with Crippen molar-refractivity contribution in [1.82, 2.24) is 20.0 Å². The van der Waals surface area contributed by atoms with Crippen molar-refractivity contribution in [3.05, 3.63) is 17.5 Å². The molecule has 104 valence electrons. The van der Waals surface area contributed by atoms with Crippen LogP contribution in [0, 0.1) is 18.8 Å². The second-order valence-electron chi connectivity index (χ2n) is 5.84. The number of carbonyl (C=O) groups is 1. The zero-order valence-corrected chi connectivity index (χ0v) is 11.7. The van der Waals surface area contributed by atoms with E-state index in [1.165, 1.54) is 0 Å². The number of fused-ring (bicyclic) bond motifs is 1. The Kier molecular flexibility index (Phi) is 3.31. The fourth-order valence-electron chi connectivity index (χ4n) is 3.39. The van der Waals surface area contributed by atoms with E-state index in [0.29, 0.717) is 5.69 Å². The van der Waals surface area contributed by atoms with Crippen molar-refractivity contribution in [2.45, 2.75) is 19.8 Å². The van der Waals surface area contributed by atoms with Crippen molar-refractivity contribution in [2.75, 3.05) is 26.2 Å². The molecule has 0 unspecified atom stereocenters. The molecule has 0 saturated carbocycles. The molecule has 3 heterocycles. The fourth-order valence-corrected chi connectivity index (χ4v) is 3.39. The van der Waals surface area contributed by atoms with Crippen LogP contribution >= 0.6 is 0 Å². The van der Waals surface area contributed by atoms with E-state index in [2.05, 4.69) is 10.4 Å². The lowest BCUT2D eigenvalue weighted by molar-refractivity contribution is 0.0747. The first-order valence-electron chi connectivity index (χ1n) is 7.16. The van der Waals surface area contributed by atoms with Crippen molar-refractivity contribution in [1.29, 1.82) is 0 Å². The predicted octanol–water partition coefficient (Wildman–Crippen LogP) is 0.800. The lowest BCUT2D eigenvalue weighted by Gasteiger charge is -2.20. The van der Waals surface area contributed by atoms with Gasteiger partial charge in [0.15, 0.2) is 0 Å². The van der Waals surface area contributed by atoms with Gasteiger partial charge in [-0.25, -0.2) is 0 Å². The molecule has 5 heteroatoms. The molecule has 2 aliphatic heterocycles. The van der Waals surface area contributed by atoms with Crippen LogP contribution in [-0.2, 0) is 7.05 Å². The zero-order valence-electron chi connectivity index (χ0n) is 11.7. The summed E-state index contributed by atoms with van der Waals surface area (Å²) >= 11 is 0. The Hall–Kier alpha value is -1.36. The molecule has 5 nitrogen and oxygen atoms in total. The molecule has 2 atom stereocenters. The Morgan fingerprint density at radius 1 is 1.32 bits per heavy atom. The molecule has 1 N–H and O–H groups in total. The third-order valence-corrected chi connectivity index (χ3v) is 4.53. The van der Waals surface area contributed by atoms with E-state index in [4.69, 9.17) is 0 Å². The molecule has 2 fully saturated rings. The van der Waals surface area contributed by atoms with E-state index < -0.39 is 0 Å². The number of nitrogens with zero attached hydrogens (tertiary/aromatic N) is 3. The van der Waals surface area contributed by atoms with Gasteiger partial charge in [-0.1, -0.05) is 0 Å². The predicted molar refractivity (Wildman–Crippen MR) is 72.9 cm³/mol. The molecule has 0 radical (unpaired) electrons. The molecule has 19 heavy (non-hydrogen) atoms. The summed E-state index contributed by atoms with van der Waals surface area (Å²) in [6.07, 6.45) is 2.25. The largest absolute Gasteiger partial charge is 0.337 e. The highest BCUT2D eigenvalue weighted by Crippen LogP contribution is 2.27. The molecule has 0 aliphatic carbocycles. The quantitative estimate of drug-likeness (QED) is 0.814. The second-order valence-corrected chi connectivity index (χ2v) is 5.84. The molecule has 3 rings (SSSR count). The van der Waals surface area contributed by atoms with Gasteiger partial charge in [-0.2, -0.15) is 5.10 Å². The van der Waals surface area contributed by atoms with E-state index in [1.807, 2.05) is 24.9 Å². The van der Waals surface area contributed by atoms with E-state index in [1.54, 1.807) is 4.68 Å². The Morgan fingerprint density at radius 2 is 1.95 bits per heavy atom. The van der Waals surface area contributed by atoms with Crippen molar-refractivity contribution in [3.8, 4) is 0 Å². The summed E-state index contributed by atoms with van der Waals surface area (Å²) in [6, 6.07) is 1.88. The average Bonchev–Trinajstić information content (AvgIpc) is 2.90. The van der Waals surface area contributed by atoms with Crippen LogP contribution in [0.5, 0.6) is 0 Å². The van der Waals surface area contributed by atoms with Gasteiger partial charge >= 0.3 is 0 Å². The first-order chi connectivity index (χ1) is 9.15. The number of carbonyl (C=O) groups excluding carboxylic acids is 1. The molecule has 2 saturated heterocycles. The number of hydrogen-bond acceptors (Lipinski definition) is 3. The van der Waals surface area contributed by atoms with Crippen LogP contribution < -0.4 is 5.32 Å². The van der Waals surface area contributed by atoms with E-state index in [9.17, 15) is 4.79 Å². The van der Waals surface area contributed by atoms with Crippen molar-refractivity contribution in [2.24, 2.45) is 18.9 Å². The lowest BCUT2D eigenvalue weighted by Crippen LogP contribution is -2.34. The summed E-state index contributed by atoms with van der Waals surface area (Å²) in [5.41, 5.74) is 1.62. The van der Waals surface area contributed by atoms with Gasteiger partial charge in [0.1, 0.15) is 5.69 Å². The van der Waals surface area contributed by atoms with Crippen molar-refractivity contribution >= 4 is 5.91 Å². The normalized spacial score (nSPS) is 27.2. The summed E-state index contributed by atoms with van der Waals surface area (Å²) in [4.78, 5) is 14.6. The van der Waals surface area contributed by atoms with Crippen molar-refractivity contribution < 1.29 is 4.79 Å². The Labute approximate surface area is 114 Å². The molecule has 1 amide bonds. The van der Waals surface area contributed by atoms with Gasteiger partial charge in [0.25, 0.3) is 5.91 Å². The second kappa shape index (κ2) is 4.96. The fraction of sp³-hybridized carbons (Fsp3) is 0.714. The van der Waals surface area contributed by atoms with Gasteiger partial charge in [0.2, 0.25) is 0 Å². The molecular weight excluding hydrogens is 240 g/mol.